The van der Waals surface area contributed by atoms with Crippen molar-refractivity contribution in [1.82, 2.24) is 19.8 Å². The summed E-state index contributed by atoms with van der Waals surface area (Å²) in [6.45, 7) is 5.73. The molecule has 5 rings (SSSR count). The minimum absolute atomic E-state index is 0.0250. The van der Waals surface area contributed by atoms with Gasteiger partial charge >= 0.3 is 0 Å². The molecule has 1 aliphatic carbocycles. The fourth-order valence-electron chi connectivity index (χ4n) is 5.02. The highest BCUT2D eigenvalue weighted by Crippen LogP contribution is 2.26. The fourth-order valence-corrected chi connectivity index (χ4v) is 5.02. The average Bonchev–Trinajstić information content (AvgIpc) is 3.38. The zero-order valence-electron chi connectivity index (χ0n) is 17.0. The van der Waals surface area contributed by atoms with E-state index in [2.05, 4.69) is 39.0 Å². The first-order chi connectivity index (χ1) is 14.3. The van der Waals surface area contributed by atoms with Gasteiger partial charge in [0.25, 0.3) is 5.91 Å². The molecule has 152 valence electrons. The molecule has 3 heterocycles. The Bertz CT molecular complexity index is 854. The Hall–Kier alpha value is -2.47. The molecule has 1 amide bonds. The summed E-state index contributed by atoms with van der Waals surface area (Å²) in [6, 6.07) is 9.47. The van der Waals surface area contributed by atoms with Crippen LogP contribution >= 0.6 is 0 Å². The third-order valence-corrected chi connectivity index (χ3v) is 6.63. The van der Waals surface area contributed by atoms with E-state index in [1.54, 1.807) is 6.20 Å². The molecule has 0 atom stereocenters. The largest absolute Gasteiger partial charge is 0.354 e. The minimum atomic E-state index is 0.0250. The Morgan fingerprint density at radius 3 is 2.38 bits per heavy atom. The van der Waals surface area contributed by atoms with E-state index in [1.165, 1.54) is 11.1 Å². The van der Waals surface area contributed by atoms with Crippen LogP contribution in [0.5, 0.6) is 0 Å². The first-order valence-corrected chi connectivity index (χ1v) is 10.9. The molecule has 1 aromatic carbocycles. The second-order valence-corrected chi connectivity index (χ2v) is 8.47. The first kappa shape index (κ1) is 18.6. The molecule has 0 N–H and O–H groups in total. The second kappa shape index (κ2) is 8.11. The predicted octanol–water partition coefficient (Wildman–Crippen LogP) is 2.39. The zero-order valence-corrected chi connectivity index (χ0v) is 17.0. The molecule has 29 heavy (non-hydrogen) atoms. The van der Waals surface area contributed by atoms with Crippen molar-refractivity contribution in [2.24, 2.45) is 0 Å². The van der Waals surface area contributed by atoms with E-state index in [9.17, 15) is 4.79 Å². The molecule has 0 bridgehead atoms. The summed E-state index contributed by atoms with van der Waals surface area (Å²) in [4.78, 5) is 28.6. The standard InChI is InChI=1S/C23H29N5O/c29-23(28-8-3-4-9-28)21-16-24-17-22(25-21)27-11-5-10-26(12-13-27)20-14-18-6-1-2-7-19(18)15-20/h1-2,6-7,16-17,20H,3-5,8-15H2. The highest BCUT2D eigenvalue weighted by Gasteiger charge is 2.28. The molecule has 1 aromatic heterocycles. The molecule has 0 unspecified atom stereocenters. The summed E-state index contributed by atoms with van der Waals surface area (Å²) in [5, 5.41) is 0. The summed E-state index contributed by atoms with van der Waals surface area (Å²) >= 11 is 0. The van der Waals surface area contributed by atoms with Crippen LogP contribution in [0.3, 0.4) is 0 Å². The van der Waals surface area contributed by atoms with Crippen LogP contribution in [0, 0.1) is 0 Å². The lowest BCUT2D eigenvalue weighted by Gasteiger charge is -2.27. The monoisotopic (exact) mass is 391 g/mol. The van der Waals surface area contributed by atoms with Crippen molar-refractivity contribution in [2.45, 2.75) is 38.1 Å². The van der Waals surface area contributed by atoms with E-state index >= 15 is 0 Å². The van der Waals surface area contributed by atoms with Crippen LogP contribution in [-0.2, 0) is 12.8 Å². The van der Waals surface area contributed by atoms with Gasteiger partial charge in [0, 0.05) is 45.3 Å². The topological polar surface area (TPSA) is 52.6 Å². The van der Waals surface area contributed by atoms with Crippen molar-refractivity contribution in [3.63, 3.8) is 0 Å². The van der Waals surface area contributed by atoms with Gasteiger partial charge in [-0.15, -0.1) is 0 Å². The van der Waals surface area contributed by atoms with E-state index < -0.39 is 0 Å². The van der Waals surface area contributed by atoms with Crippen molar-refractivity contribution < 1.29 is 4.79 Å². The number of amides is 1. The van der Waals surface area contributed by atoms with Gasteiger partial charge in [0.1, 0.15) is 11.5 Å². The quantitative estimate of drug-likeness (QED) is 0.804. The first-order valence-electron chi connectivity index (χ1n) is 10.9. The number of hydrogen-bond acceptors (Lipinski definition) is 5. The number of hydrogen-bond donors (Lipinski definition) is 0. The molecule has 6 heteroatoms. The highest BCUT2D eigenvalue weighted by molar-refractivity contribution is 5.92. The zero-order chi connectivity index (χ0) is 19.6. The van der Waals surface area contributed by atoms with Crippen LogP contribution in [0.1, 0.15) is 40.9 Å². The van der Waals surface area contributed by atoms with Gasteiger partial charge in [-0.05, 0) is 43.2 Å². The van der Waals surface area contributed by atoms with Gasteiger partial charge in [0.2, 0.25) is 0 Å². The van der Waals surface area contributed by atoms with Crippen LogP contribution < -0.4 is 4.90 Å². The summed E-state index contributed by atoms with van der Waals surface area (Å²) in [5.41, 5.74) is 3.51. The van der Waals surface area contributed by atoms with Gasteiger partial charge in [0.05, 0.1) is 12.4 Å². The van der Waals surface area contributed by atoms with E-state index in [1.807, 2.05) is 11.1 Å². The van der Waals surface area contributed by atoms with E-state index in [0.29, 0.717) is 11.7 Å². The molecule has 2 aliphatic heterocycles. The smallest absolute Gasteiger partial charge is 0.274 e. The number of carbonyl (C=O) groups is 1. The van der Waals surface area contributed by atoms with Crippen LogP contribution in [0.15, 0.2) is 36.7 Å². The number of carbonyl (C=O) groups excluding carboxylic acids is 1. The molecule has 2 saturated heterocycles. The molecule has 3 aliphatic rings. The number of nitrogens with zero attached hydrogens (tertiary/aromatic N) is 5. The summed E-state index contributed by atoms with van der Waals surface area (Å²) < 4.78 is 0. The molecule has 0 spiro atoms. The van der Waals surface area contributed by atoms with Gasteiger partial charge in [-0.2, -0.15) is 0 Å². The summed E-state index contributed by atoms with van der Waals surface area (Å²) in [7, 11) is 0. The molecule has 6 nitrogen and oxygen atoms in total. The van der Waals surface area contributed by atoms with Gasteiger partial charge in [0.15, 0.2) is 0 Å². The van der Waals surface area contributed by atoms with Crippen molar-refractivity contribution in [3.05, 3.63) is 53.5 Å². The Kier molecular flexibility index (Phi) is 5.19. The minimum Gasteiger partial charge on any atom is -0.354 e. The van der Waals surface area contributed by atoms with E-state index in [4.69, 9.17) is 4.98 Å². The van der Waals surface area contributed by atoms with Crippen LogP contribution in [0.4, 0.5) is 5.82 Å². The number of likely N-dealkylation sites (tertiary alicyclic amines) is 1. The lowest BCUT2D eigenvalue weighted by atomic mass is 10.1. The third-order valence-electron chi connectivity index (χ3n) is 6.63. The highest BCUT2D eigenvalue weighted by atomic mass is 16.2. The second-order valence-electron chi connectivity index (χ2n) is 8.47. The maximum Gasteiger partial charge on any atom is 0.274 e. The van der Waals surface area contributed by atoms with Gasteiger partial charge in [-0.3, -0.25) is 14.7 Å². The lowest BCUT2D eigenvalue weighted by molar-refractivity contribution is 0.0786. The third kappa shape index (κ3) is 3.86. The van der Waals surface area contributed by atoms with E-state index in [0.717, 1.165) is 77.2 Å². The van der Waals surface area contributed by atoms with E-state index in [-0.39, 0.29) is 5.91 Å². The van der Waals surface area contributed by atoms with Crippen molar-refractivity contribution in [1.29, 1.82) is 0 Å². The number of aromatic nitrogens is 2. The maximum absolute atomic E-state index is 12.7. The van der Waals surface area contributed by atoms with Gasteiger partial charge in [-0.1, -0.05) is 24.3 Å². The Labute approximate surface area is 172 Å². The normalized spacial score (nSPS) is 20.7. The van der Waals surface area contributed by atoms with Crippen molar-refractivity contribution in [3.8, 4) is 0 Å². The lowest BCUT2D eigenvalue weighted by Crippen LogP contribution is -2.39. The molecule has 0 radical (unpaired) electrons. The fraction of sp³-hybridized carbons (Fsp3) is 0.522. The van der Waals surface area contributed by atoms with Crippen LogP contribution in [-0.4, -0.2) is 71.0 Å². The van der Waals surface area contributed by atoms with Gasteiger partial charge in [-0.25, -0.2) is 4.98 Å². The van der Waals surface area contributed by atoms with Crippen molar-refractivity contribution >= 4 is 11.7 Å². The number of fused-ring (bicyclic) bond motifs is 1. The average molecular weight is 392 g/mol. The molecule has 2 aromatic rings. The summed E-state index contributed by atoms with van der Waals surface area (Å²) in [6.07, 6.45) is 9.04. The van der Waals surface area contributed by atoms with Crippen LogP contribution in [0.25, 0.3) is 0 Å². The maximum atomic E-state index is 12.7. The van der Waals surface area contributed by atoms with Crippen molar-refractivity contribution in [2.75, 3.05) is 44.2 Å². The Morgan fingerprint density at radius 1 is 0.862 bits per heavy atom. The number of benzene rings is 1. The molecule has 0 saturated carbocycles. The predicted molar refractivity (Wildman–Crippen MR) is 113 cm³/mol. The van der Waals surface area contributed by atoms with Crippen LogP contribution in [0.2, 0.25) is 0 Å². The SMILES string of the molecule is O=C(c1cncc(N2CCCN(C3Cc4ccccc4C3)CC2)n1)N1CCCC1. The molecular formula is C23H29N5O. The number of anilines is 1. The number of rotatable bonds is 3. The Morgan fingerprint density at radius 2 is 1.62 bits per heavy atom. The Balaban J connectivity index is 1.24. The summed E-state index contributed by atoms with van der Waals surface area (Å²) in [5.74, 6) is 0.864. The molecular weight excluding hydrogens is 362 g/mol. The van der Waals surface area contributed by atoms with Gasteiger partial charge < -0.3 is 9.80 Å². The molecule has 2 fully saturated rings.